The van der Waals surface area contributed by atoms with Crippen LogP contribution >= 0.6 is 15.9 Å². The van der Waals surface area contributed by atoms with Gasteiger partial charge < -0.3 is 9.84 Å². The fourth-order valence-corrected chi connectivity index (χ4v) is 1.50. The molecule has 0 bridgehead atoms. The average Bonchev–Trinajstić information content (AvgIpc) is 2.18. The number of hydrogen-bond acceptors (Lipinski definition) is 2. The van der Waals surface area contributed by atoms with E-state index in [9.17, 15) is 5.11 Å². The highest BCUT2D eigenvalue weighted by molar-refractivity contribution is 9.10. The Morgan fingerprint density at radius 1 is 1.53 bits per heavy atom. The molecule has 3 heteroatoms. The minimum absolute atomic E-state index is 0.340. The van der Waals surface area contributed by atoms with Crippen LogP contribution in [0.4, 0.5) is 0 Å². The molecule has 15 heavy (non-hydrogen) atoms. The minimum Gasteiger partial charge on any atom is -0.481 e. The molecule has 1 aromatic carbocycles. The van der Waals surface area contributed by atoms with E-state index in [0.29, 0.717) is 12.4 Å². The molecule has 0 spiro atoms. The van der Waals surface area contributed by atoms with Gasteiger partial charge >= 0.3 is 0 Å². The summed E-state index contributed by atoms with van der Waals surface area (Å²) in [5, 5.41) is 9.52. The van der Waals surface area contributed by atoms with Crippen LogP contribution in [-0.4, -0.2) is 11.7 Å². The van der Waals surface area contributed by atoms with Crippen LogP contribution in [-0.2, 0) is 0 Å². The van der Waals surface area contributed by atoms with Gasteiger partial charge in [0.05, 0.1) is 6.10 Å². The second-order valence-corrected chi connectivity index (χ2v) is 3.99. The zero-order valence-electron chi connectivity index (χ0n) is 8.75. The molecule has 80 valence electrons. The molecule has 0 amide bonds. The van der Waals surface area contributed by atoms with Crippen molar-refractivity contribution in [2.45, 2.75) is 20.0 Å². The first-order chi connectivity index (χ1) is 7.15. The second kappa shape index (κ2) is 5.79. The zero-order chi connectivity index (χ0) is 11.3. The lowest BCUT2D eigenvalue weighted by atomic mass is 10.1. The number of halogens is 1. The van der Waals surface area contributed by atoms with Crippen molar-refractivity contribution in [2.24, 2.45) is 0 Å². The molecule has 2 nitrogen and oxygen atoms in total. The highest BCUT2D eigenvalue weighted by Crippen LogP contribution is 2.28. The van der Waals surface area contributed by atoms with E-state index in [1.807, 2.05) is 18.2 Å². The van der Waals surface area contributed by atoms with Gasteiger partial charge in [-0.2, -0.15) is 0 Å². The van der Waals surface area contributed by atoms with Crippen LogP contribution in [0.3, 0.4) is 0 Å². The van der Waals surface area contributed by atoms with E-state index < -0.39 is 6.10 Å². The van der Waals surface area contributed by atoms with Gasteiger partial charge in [0.1, 0.15) is 12.4 Å². The topological polar surface area (TPSA) is 29.5 Å². The molecular formula is C12H13BrO2. The summed E-state index contributed by atoms with van der Waals surface area (Å²) in [5.41, 5.74) is 0.774. The molecule has 0 aliphatic rings. The van der Waals surface area contributed by atoms with Crippen LogP contribution in [0, 0.1) is 11.8 Å². The predicted molar refractivity (Wildman–Crippen MR) is 63.7 cm³/mol. The molecule has 0 saturated heterocycles. The lowest BCUT2D eigenvalue weighted by molar-refractivity contribution is 0.193. The van der Waals surface area contributed by atoms with Crippen LogP contribution in [0.5, 0.6) is 5.75 Å². The molecule has 0 aliphatic carbocycles. The summed E-state index contributed by atoms with van der Waals surface area (Å²) >= 11 is 3.36. The third-order valence-electron chi connectivity index (χ3n) is 1.90. The van der Waals surface area contributed by atoms with E-state index >= 15 is 0 Å². The SMILES string of the molecule is CC#CCOc1cc(Br)ccc1[C@H](C)O. The van der Waals surface area contributed by atoms with Gasteiger partial charge in [-0.05, 0) is 26.0 Å². The third kappa shape index (κ3) is 3.58. The first kappa shape index (κ1) is 12.1. The van der Waals surface area contributed by atoms with Gasteiger partial charge in [0.2, 0.25) is 0 Å². The fraction of sp³-hybridized carbons (Fsp3) is 0.333. The van der Waals surface area contributed by atoms with E-state index in [4.69, 9.17) is 4.74 Å². The van der Waals surface area contributed by atoms with E-state index in [-0.39, 0.29) is 0 Å². The van der Waals surface area contributed by atoms with Crippen LogP contribution in [0.25, 0.3) is 0 Å². The van der Waals surface area contributed by atoms with Crippen molar-refractivity contribution in [3.8, 4) is 17.6 Å². The summed E-state index contributed by atoms with van der Waals surface area (Å²) in [6.45, 7) is 3.81. The van der Waals surface area contributed by atoms with E-state index in [0.717, 1.165) is 10.0 Å². The average molecular weight is 269 g/mol. The predicted octanol–water partition coefficient (Wildman–Crippen LogP) is 2.90. The standard InChI is InChI=1S/C12H13BrO2/c1-3-4-7-15-12-8-10(13)5-6-11(12)9(2)14/h5-6,8-9,14H,7H2,1-2H3/t9-/m0/s1. The molecule has 0 aliphatic heterocycles. The summed E-state index contributed by atoms with van der Waals surface area (Å²) in [7, 11) is 0. The van der Waals surface area contributed by atoms with Crippen LogP contribution in [0.15, 0.2) is 22.7 Å². The van der Waals surface area contributed by atoms with Gasteiger partial charge in [0, 0.05) is 10.0 Å². The summed E-state index contributed by atoms with van der Waals surface area (Å²) in [4.78, 5) is 0. The number of ether oxygens (including phenoxy) is 1. The number of aliphatic hydroxyl groups excluding tert-OH is 1. The third-order valence-corrected chi connectivity index (χ3v) is 2.40. The molecule has 1 N–H and O–H groups in total. The Kier molecular flexibility index (Phi) is 4.67. The molecule has 0 saturated carbocycles. The van der Waals surface area contributed by atoms with Crippen molar-refractivity contribution in [3.63, 3.8) is 0 Å². The first-order valence-corrected chi connectivity index (χ1v) is 5.44. The van der Waals surface area contributed by atoms with Crippen LogP contribution < -0.4 is 4.74 Å². The van der Waals surface area contributed by atoms with Gasteiger partial charge in [-0.15, -0.1) is 5.92 Å². The highest BCUT2D eigenvalue weighted by atomic mass is 79.9. The fourth-order valence-electron chi connectivity index (χ4n) is 1.16. The number of rotatable bonds is 3. The maximum Gasteiger partial charge on any atom is 0.149 e. The molecule has 1 rings (SSSR count). The summed E-state index contributed by atoms with van der Waals surface area (Å²) in [6.07, 6.45) is -0.539. The molecule has 0 heterocycles. The van der Waals surface area contributed by atoms with Crippen molar-refractivity contribution in [1.29, 1.82) is 0 Å². The lowest BCUT2D eigenvalue weighted by Gasteiger charge is -2.12. The Bertz CT molecular complexity index is 388. The smallest absolute Gasteiger partial charge is 0.149 e. The van der Waals surface area contributed by atoms with Crippen molar-refractivity contribution in [3.05, 3.63) is 28.2 Å². The van der Waals surface area contributed by atoms with Gasteiger partial charge in [-0.1, -0.05) is 27.9 Å². The summed E-state index contributed by atoms with van der Waals surface area (Å²) in [6, 6.07) is 5.54. The number of hydrogen-bond donors (Lipinski definition) is 1. The Balaban J connectivity index is 2.90. The maximum atomic E-state index is 9.52. The van der Waals surface area contributed by atoms with Crippen molar-refractivity contribution < 1.29 is 9.84 Å². The normalized spacial score (nSPS) is 11.5. The van der Waals surface area contributed by atoms with Crippen molar-refractivity contribution in [2.75, 3.05) is 6.61 Å². The Labute approximate surface area is 98.4 Å². The molecule has 0 radical (unpaired) electrons. The zero-order valence-corrected chi connectivity index (χ0v) is 10.3. The number of benzene rings is 1. The highest BCUT2D eigenvalue weighted by Gasteiger charge is 2.08. The van der Waals surface area contributed by atoms with E-state index in [1.165, 1.54) is 0 Å². The summed E-state index contributed by atoms with van der Waals surface area (Å²) in [5.74, 6) is 6.23. The van der Waals surface area contributed by atoms with Gasteiger partial charge in [-0.3, -0.25) is 0 Å². The van der Waals surface area contributed by atoms with Crippen LogP contribution in [0.1, 0.15) is 25.5 Å². The lowest BCUT2D eigenvalue weighted by Crippen LogP contribution is -2.00. The summed E-state index contributed by atoms with van der Waals surface area (Å²) < 4.78 is 6.38. The molecular weight excluding hydrogens is 256 g/mol. The monoisotopic (exact) mass is 268 g/mol. The molecule has 1 aromatic rings. The Morgan fingerprint density at radius 2 is 2.27 bits per heavy atom. The molecule has 0 unspecified atom stereocenters. The molecule has 0 fully saturated rings. The molecule has 1 atom stereocenters. The maximum absolute atomic E-state index is 9.52. The number of aliphatic hydroxyl groups is 1. The minimum atomic E-state index is -0.539. The molecule has 0 aromatic heterocycles. The second-order valence-electron chi connectivity index (χ2n) is 3.07. The van der Waals surface area contributed by atoms with Gasteiger partial charge in [0.25, 0.3) is 0 Å². The Hall–Kier alpha value is -0.980. The van der Waals surface area contributed by atoms with E-state index in [1.54, 1.807) is 13.8 Å². The Morgan fingerprint density at radius 3 is 2.87 bits per heavy atom. The van der Waals surface area contributed by atoms with Gasteiger partial charge in [-0.25, -0.2) is 0 Å². The van der Waals surface area contributed by atoms with Crippen molar-refractivity contribution in [1.82, 2.24) is 0 Å². The first-order valence-electron chi connectivity index (χ1n) is 4.65. The largest absolute Gasteiger partial charge is 0.481 e. The quantitative estimate of drug-likeness (QED) is 0.855. The van der Waals surface area contributed by atoms with Gasteiger partial charge in [0.15, 0.2) is 0 Å². The van der Waals surface area contributed by atoms with Crippen LogP contribution in [0.2, 0.25) is 0 Å². The van der Waals surface area contributed by atoms with E-state index in [2.05, 4.69) is 27.8 Å². The van der Waals surface area contributed by atoms with Crippen molar-refractivity contribution >= 4 is 15.9 Å².